The topological polar surface area (TPSA) is 32.7 Å². The highest BCUT2D eigenvalue weighted by molar-refractivity contribution is 9.10. The molecule has 0 heterocycles. The number of hydrogen-bond acceptors (Lipinski definition) is 3. The van der Waals surface area contributed by atoms with E-state index in [1.807, 2.05) is 49.5 Å². The summed E-state index contributed by atoms with van der Waals surface area (Å²) in [5, 5.41) is 6.00. The zero-order chi connectivity index (χ0) is 14.4. The fourth-order valence-electron chi connectivity index (χ4n) is 1.71. The van der Waals surface area contributed by atoms with Crippen molar-refractivity contribution in [3.05, 3.63) is 64.6 Å². The Labute approximate surface area is 127 Å². The molecule has 0 radical (unpaired) electrons. The third-order valence-corrected chi connectivity index (χ3v) is 3.36. The van der Waals surface area contributed by atoms with Gasteiger partial charge in [0.05, 0.1) is 5.69 Å². The number of hydrazone groups is 1. The largest absolute Gasteiger partial charge is 0.294 e. The zero-order valence-electron chi connectivity index (χ0n) is 11.2. The number of ketones is 1. The normalized spacial score (nSPS) is 10.7. The molecule has 102 valence electrons. The van der Waals surface area contributed by atoms with Crippen LogP contribution in [0.4, 0.5) is 5.69 Å². The number of benzene rings is 2. The molecule has 3 nitrogen and oxygen atoms in total. The average molecular weight is 331 g/mol. The number of carbonyl (C=O) groups is 1. The molecule has 0 saturated heterocycles. The first-order chi connectivity index (χ1) is 9.66. The maximum atomic E-state index is 11.9. The second-order valence-electron chi connectivity index (χ2n) is 4.29. The van der Waals surface area contributed by atoms with Gasteiger partial charge in [-0.05, 0) is 24.3 Å². The van der Waals surface area contributed by atoms with E-state index < -0.39 is 0 Å². The maximum absolute atomic E-state index is 11.9. The average Bonchev–Trinajstić information content (AvgIpc) is 2.48. The minimum Gasteiger partial charge on any atom is -0.294 e. The van der Waals surface area contributed by atoms with Crippen LogP contribution < -0.4 is 5.01 Å². The van der Waals surface area contributed by atoms with Crippen molar-refractivity contribution >= 4 is 33.6 Å². The van der Waals surface area contributed by atoms with Gasteiger partial charge in [0.2, 0.25) is 0 Å². The van der Waals surface area contributed by atoms with Gasteiger partial charge < -0.3 is 0 Å². The first-order valence-corrected chi connectivity index (χ1v) is 7.06. The quantitative estimate of drug-likeness (QED) is 0.468. The van der Waals surface area contributed by atoms with Gasteiger partial charge in [-0.25, -0.2) is 0 Å². The van der Waals surface area contributed by atoms with Gasteiger partial charge in [0, 0.05) is 29.7 Å². The molecule has 2 rings (SSSR count). The van der Waals surface area contributed by atoms with Crippen LogP contribution in [0.3, 0.4) is 0 Å². The molecule has 0 amide bonds. The maximum Gasteiger partial charge on any atom is 0.168 e. The van der Waals surface area contributed by atoms with Crippen LogP contribution in [0, 0.1) is 0 Å². The molecular weight excluding hydrogens is 316 g/mol. The highest BCUT2D eigenvalue weighted by atomic mass is 79.9. The van der Waals surface area contributed by atoms with E-state index in [1.165, 1.54) is 0 Å². The zero-order valence-corrected chi connectivity index (χ0v) is 12.7. The Morgan fingerprint density at radius 3 is 2.45 bits per heavy atom. The highest BCUT2D eigenvalue weighted by Gasteiger charge is 2.03. The van der Waals surface area contributed by atoms with Crippen molar-refractivity contribution in [3.8, 4) is 0 Å². The van der Waals surface area contributed by atoms with Gasteiger partial charge in [-0.2, -0.15) is 5.10 Å². The molecule has 4 heteroatoms. The standard InChI is InChI=1S/C16H15BrN2O/c1-19(15-5-3-2-4-6-15)18-12-11-16(20)13-7-9-14(17)10-8-13/h2-10,12H,11H2,1H3/b18-12+. The van der Waals surface area contributed by atoms with Gasteiger partial charge in [0.15, 0.2) is 5.78 Å². The molecule has 0 saturated carbocycles. The van der Waals surface area contributed by atoms with Crippen molar-refractivity contribution in [1.82, 2.24) is 0 Å². The van der Waals surface area contributed by atoms with Crippen molar-refractivity contribution in [1.29, 1.82) is 0 Å². The number of carbonyl (C=O) groups excluding carboxylic acids is 1. The summed E-state index contributed by atoms with van der Waals surface area (Å²) >= 11 is 3.35. The predicted molar refractivity (Wildman–Crippen MR) is 86.4 cm³/mol. The highest BCUT2D eigenvalue weighted by Crippen LogP contribution is 2.12. The van der Waals surface area contributed by atoms with Crippen LogP contribution in [0.5, 0.6) is 0 Å². The summed E-state index contributed by atoms with van der Waals surface area (Å²) in [6.07, 6.45) is 1.93. The molecule has 0 atom stereocenters. The third-order valence-electron chi connectivity index (χ3n) is 2.83. The lowest BCUT2D eigenvalue weighted by atomic mass is 10.1. The predicted octanol–water partition coefficient (Wildman–Crippen LogP) is 4.14. The number of para-hydroxylation sites is 1. The van der Waals surface area contributed by atoms with Crippen LogP contribution in [0.2, 0.25) is 0 Å². The van der Waals surface area contributed by atoms with E-state index in [0.717, 1.165) is 10.2 Å². The first kappa shape index (κ1) is 14.5. The van der Waals surface area contributed by atoms with Crippen LogP contribution in [-0.2, 0) is 0 Å². The number of Topliss-reactive ketones (excluding diaryl/α,β-unsaturated/α-hetero) is 1. The summed E-state index contributed by atoms with van der Waals surface area (Å²) in [4.78, 5) is 11.9. The van der Waals surface area contributed by atoms with Crippen LogP contribution in [0.1, 0.15) is 16.8 Å². The van der Waals surface area contributed by atoms with Gasteiger partial charge >= 0.3 is 0 Å². The van der Waals surface area contributed by atoms with Crippen molar-refractivity contribution < 1.29 is 4.79 Å². The Morgan fingerprint density at radius 2 is 1.80 bits per heavy atom. The number of halogens is 1. The molecule has 20 heavy (non-hydrogen) atoms. The second-order valence-corrected chi connectivity index (χ2v) is 5.21. The molecule has 0 aliphatic rings. The Hall–Kier alpha value is -1.94. The Kier molecular flexibility index (Phi) is 5.07. The number of rotatable bonds is 5. The molecular formula is C16H15BrN2O. The Morgan fingerprint density at radius 1 is 1.15 bits per heavy atom. The van der Waals surface area contributed by atoms with Crippen LogP contribution in [0.25, 0.3) is 0 Å². The second kappa shape index (κ2) is 7.01. The molecule has 0 spiro atoms. The lowest BCUT2D eigenvalue weighted by Gasteiger charge is -2.11. The van der Waals surface area contributed by atoms with Crippen molar-refractivity contribution in [2.75, 3.05) is 12.1 Å². The molecule has 0 aliphatic heterocycles. The Bertz CT molecular complexity index is 594. The van der Waals surface area contributed by atoms with Crippen molar-refractivity contribution in [2.24, 2.45) is 5.10 Å². The summed E-state index contributed by atoms with van der Waals surface area (Å²) in [6.45, 7) is 0. The van der Waals surface area contributed by atoms with Crippen LogP contribution in [-0.4, -0.2) is 19.0 Å². The van der Waals surface area contributed by atoms with Crippen molar-refractivity contribution in [2.45, 2.75) is 6.42 Å². The molecule has 2 aromatic rings. The molecule has 0 unspecified atom stereocenters. The third kappa shape index (κ3) is 4.03. The van der Waals surface area contributed by atoms with E-state index in [4.69, 9.17) is 0 Å². The SMILES string of the molecule is CN(/N=C/CC(=O)c1ccc(Br)cc1)c1ccccc1. The van der Waals surface area contributed by atoms with Gasteiger partial charge in [-0.15, -0.1) is 0 Å². The van der Waals surface area contributed by atoms with Gasteiger partial charge in [0.25, 0.3) is 0 Å². The monoisotopic (exact) mass is 330 g/mol. The minimum absolute atomic E-state index is 0.0581. The first-order valence-electron chi connectivity index (χ1n) is 6.27. The molecule has 0 bridgehead atoms. The summed E-state index contributed by atoms with van der Waals surface area (Å²) in [6, 6.07) is 17.1. The lowest BCUT2D eigenvalue weighted by molar-refractivity contribution is 0.100. The fourth-order valence-corrected chi connectivity index (χ4v) is 1.97. The Balaban J connectivity index is 1.93. The summed E-state index contributed by atoms with van der Waals surface area (Å²) in [5.41, 5.74) is 1.68. The van der Waals surface area contributed by atoms with E-state index in [-0.39, 0.29) is 5.78 Å². The van der Waals surface area contributed by atoms with Gasteiger partial charge in [-0.1, -0.05) is 46.3 Å². The minimum atomic E-state index is 0.0581. The molecule has 0 aromatic heterocycles. The van der Waals surface area contributed by atoms with Gasteiger partial charge in [-0.3, -0.25) is 9.80 Å². The summed E-state index contributed by atoms with van der Waals surface area (Å²) in [7, 11) is 1.86. The summed E-state index contributed by atoms with van der Waals surface area (Å²) in [5.74, 6) is 0.0581. The van der Waals surface area contributed by atoms with Crippen LogP contribution >= 0.6 is 15.9 Å². The number of hydrogen-bond donors (Lipinski definition) is 0. The van der Waals surface area contributed by atoms with E-state index in [2.05, 4.69) is 21.0 Å². The molecule has 0 aliphatic carbocycles. The van der Waals surface area contributed by atoms with Crippen molar-refractivity contribution in [3.63, 3.8) is 0 Å². The smallest absolute Gasteiger partial charge is 0.168 e. The number of anilines is 1. The lowest BCUT2D eigenvalue weighted by Crippen LogP contribution is -2.09. The number of nitrogens with zero attached hydrogens (tertiary/aromatic N) is 2. The summed E-state index contributed by atoms with van der Waals surface area (Å²) < 4.78 is 0.964. The fraction of sp³-hybridized carbons (Fsp3) is 0.125. The van der Waals surface area contributed by atoms with Crippen LogP contribution in [0.15, 0.2) is 64.2 Å². The molecule has 0 N–H and O–H groups in total. The van der Waals surface area contributed by atoms with E-state index in [0.29, 0.717) is 12.0 Å². The molecule has 2 aromatic carbocycles. The van der Waals surface area contributed by atoms with E-state index >= 15 is 0 Å². The van der Waals surface area contributed by atoms with E-state index in [1.54, 1.807) is 23.4 Å². The molecule has 0 fully saturated rings. The van der Waals surface area contributed by atoms with E-state index in [9.17, 15) is 4.79 Å². The van der Waals surface area contributed by atoms with Gasteiger partial charge in [0.1, 0.15) is 0 Å².